The molecular weight excluding hydrogens is 487 g/mol. The third-order valence-electron chi connectivity index (χ3n) is 4.89. The van der Waals surface area contributed by atoms with Gasteiger partial charge in [0.15, 0.2) is 14.7 Å². The third-order valence-corrected chi connectivity index (χ3v) is 7.95. The largest absolute Gasteiger partial charge is 0.744 e. The fraction of sp³-hybridized carbons (Fsp3) is 0. The molecule has 0 saturated heterocycles. The lowest BCUT2D eigenvalue weighted by Crippen LogP contribution is -2.05. The van der Waals surface area contributed by atoms with E-state index in [1.165, 1.54) is 15.9 Å². The molecule has 1 heterocycles. The first kappa shape index (κ1) is 24.4. The molecular formula is C27H19FO5S2. The van der Waals surface area contributed by atoms with Crippen molar-refractivity contribution < 1.29 is 21.8 Å². The van der Waals surface area contributed by atoms with Crippen molar-refractivity contribution in [1.82, 2.24) is 0 Å². The average Bonchev–Trinajstić information content (AvgIpc) is 2.85. The van der Waals surface area contributed by atoms with Gasteiger partial charge in [0.1, 0.15) is 21.5 Å². The SMILES string of the molecule is O=S(=O)([O-])c1ccc(F)cc1.O=c1ccc2ccc([S+](c3ccccc3)c3ccccc3)cc2o1. The van der Waals surface area contributed by atoms with E-state index < -0.39 is 20.8 Å². The van der Waals surface area contributed by atoms with E-state index in [0.717, 1.165) is 34.5 Å². The van der Waals surface area contributed by atoms with Gasteiger partial charge in [0.25, 0.3) is 0 Å². The van der Waals surface area contributed by atoms with Gasteiger partial charge in [0.05, 0.1) is 15.8 Å². The fourth-order valence-electron chi connectivity index (χ4n) is 3.29. The third kappa shape index (κ3) is 6.24. The summed E-state index contributed by atoms with van der Waals surface area (Å²) in [6.07, 6.45) is 0. The standard InChI is InChI=1S/C21H15O2S.C6H5FO3S/c22-21-14-12-16-11-13-19(15-20(16)23-21)24(17-7-3-1-4-8-17)18-9-5-2-6-10-18;7-5-1-3-6(4-2-5)11(8,9)10/h1-15H;1-4H,(H,8,9,10)/q+1;/p-1. The van der Waals surface area contributed by atoms with Crippen LogP contribution in [0.2, 0.25) is 0 Å². The number of hydrogen-bond acceptors (Lipinski definition) is 5. The molecule has 4 aromatic carbocycles. The van der Waals surface area contributed by atoms with Gasteiger partial charge in [0, 0.05) is 17.5 Å². The maximum Gasteiger partial charge on any atom is 0.336 e. The lowest BCUT2D eigenvalue weighted by atomic mass is 10.2. The first-order valence-electron chi connectivity index (χ1n) is 10.4. The predicted molar refractivity (Wildman–Crippen MR) is 132 cm³/mol. The predicted octanol–water partition coefficient (Wildman–Crippen LogP) is 5.62. The monoisotopic (exact) mass is 506 g/mol. The molecule has 0 bridgehead atoms. The van der Waals surface area contributed by atoms with Crippen molar-refractivity contribution in [2.45, 2.75) is 19.6 Å². The number of fused-ring (bicyclic) bond motifs is 1. The zero-order valence-electron chi connectivity index (χ0n) is 18.2. The summed E-state index contributed by atoms with van der Waals surface area (Å²) in [6, 6.07) is 33.9. The molecule has 1 aromatic heterocycles. The van der Waals surface area contributed by atoms with Crippen LogP contribution in [0.15, 0.2) is 144 Å². The molecule has 0 aliphatic carbocycles. The van der Waals surface area contributed by atoms with Crippen LogP contribution in [0.1, 0.15) is 0 Å². The minimum atomic E-state index is -4.44. The highest BCUT2D eigenvalue weighted by Gasteiger charge is 2.28. The van der Waals surface area contributed by atoms with Crippen LogP contribution in [0.25, 0.3) is 11.0 Å². The Hall–Kier alpha value is -3.72. The highest BCUT2D eigenvalue weighted by molar-refractivity contribution is 7.97. The molecule has 0 saturated carbocycles. The Morgan fingerprint density at radius 3 is 1.77 bits per heavy atom. The topological polar surface area (TPSA) is 87.4 Å². The van der Waals surface area contributed by atoms with E-state index in [9.17, 15) is 22.2 Å². The van der Waals surface area contributed by atoms with Gasteiger partial charge in [-0.3, -0.25) is 0 Å². The lowest BCUT2D eigenvalue weighted by Gasteiger charge is -2.08. The van der Waals surface area contributed by atoms with E-state index in [1.807, 2.05) is 24.3 Å². The summed E-state index contributed by atoms with van der Waals surface area (Å²) in [6.45, 7) is 0. The number of benzene rings is 4. The van der Waals surface area contributed by atoms with Crippen LogP contribution >= 0.6 is 0 Å². The molecule has 5 nitrogen and oxygen atoms in total. The van der Waals surface area contributed by atoms with Gasteiger partial charge in [-0.2, -0.15) is 0 Å². The van der Waals surface area contributed by atoms with E-state index in [1.54, 1.807) is 6.07 Å². The second-order valence-electron chi connectivity index (χ2n) is 7.29. The van der Waals surface area contributed by atoms with Crippen LogP contribution < -0.4 is 5.63 Å². The summed E-state index contributed by atoms with van der Waals surface area (Å²) >= 11 is 0. The Labute approximate surface area is 204 Å². The molecule has 35 heavy (non-hydrogen) atoms. The van der Waals surface area contributed by atoms with Crippen LogP contribution in [0.4, 0.5) is 4.39 Å². The maximum absolute atomic E-state index is 12.2. The van der Waals surface area contributed by atoms with E-state index in [0.29, 0.717) is 5.58 Å². The van der Waals surface area contributed by atoms with Crippen LogP contribution in [-0.2, 0) is 21.0 Å². The Kier molecular flexibility index (Phi) is 7.45. The average molecular weight is 507 g/mol. The van der Waals surface area contributed by atoms with Crippen molar-refractivity contribution in [3.05, 3.63) is 131 Å². The highest BCUT2D eigenvalue weighted by Crippen LogP contribution is 2.32. The summed E-state index contributed by atoms with van der Waals surface area (Å²) < 4.78 is 48.3. The Balaban J connectivity index is 0.000000221. The molecule has 5 aromatic rings. The maximum atomic E-state index is 12.2. The number of halogens is 1. The Bertz CT molecular complexity index is 1540. The van der Waals surface area contributed by atoms with Gasteiger partial charge in [-0.25, -0.2) is 17.6 Å². The molecule has 0 N–H and O–H groups in total. The Morgan fingerprint density at radius 1 is 0.686 bits per heavy atom. The first-order chi connectivity index (χ1) is 16.8. The second-order valence-corrected chi connectivity index (χ2v) is 10.7. The van der Waals surface area contributed by atoms with E-state index in [-0.39, 0.29) is 16.5 Å². The second kappa shape index (κ2) is 10.7. The molecule has 0 aliphatic heterocycles. The zero-order valence-corrected chi connectivity index (χ0v) is 19.8. The summed E-state index contributed by atoms with van der Waals surface area (Å²) in [7, 11) is -4.68. The van der Waals surface area contributed by atoms with Crippen LogP contribution in [0.5, 0.6) is 0 Å². The van der Waals surface area contributed by atoms with Gasteiger partial charge < -0.3 is 8.97 Å². The quantitative estimate of drug-likeness (QED) is 0.179. The number of rotatable bonds is 4. The van der Waals surface area contributed by atoms with Gasteiger partial charge in [-0.05, 0) is 66.7 Å². The van der Waals surface area contributed by atoms with Crippen molar-refractivity contribution >= 4 is 32.0 Å². The van der Waals surface area contributed by atoms with Crippen LogP contribution in [-0.4, -0.2) is 13.0 Å². The summed E-state index contributed by atoms with van der Waals surface area (Å²) in [5, 5.41) is 0.933. The minimum absolute atomic E-state index is 0.239. The van der Waals surface area contributed by atoms with Crippen molar-refractivity contribution in [1.29, 1.82) is 0 Å². The minimum Gasteiger partial charge on any atom is -0.744 e. The van der Waals surface area contributed by atoms with Crippen molar-refractivity contribution in [3.63, 3.8) is 0 Å². The summed E-state index contributed by atoms with van der Waals surface area (Å²) in [5.74, 6) is -0.572. The smallest absolute Gasteiger partial charge is 0.336 e. The van der Waals surface area contributed by atoms with Gasteiger partial charge in [-0.1, -0.05) is 36.4 Å². The summed E-state index contributed by atoms with van der Waals surface area (Å²) in [5.41, 5.74) is 0.309. The van der Waals surface area contributed by atoms with Crippen LogP contribution in [0.3, 0.4) is 0 Å². The van der Waals surface area contributed by atoms with E-state index in [4.69, 9.17) is 4.42 Å². The lowest BCUT2D eigenvalue weighted by molar-refractivity contribution is 0.463. The molecule has 0 aliphatic rings. The van der Waals surface area contributed by atoms with E-state index >= 15 is 0 Å². The number of hydrogen-bond donors (Lipinski definition) is 0. The van der Waals surface area contributed by atoms with E-state index in [2.05, 4.69) is 54.6 Å². The molecule has 0 atom stereocenters. The fourth-order valence-corrected chi connectivity index (χ4v) is 5.86. The molecule has 0 fully saturated rings. The Morgan fingerprint density at radius 2 is 1.23 bits per heavy atom. The van der Waals surface area contributed by atoms with Crippen molar-refractivity contribution in [2.75, 3.05) is 0 Å². The van der Waals surface area contributed by atoms with Gasteiger partial charge in [0.2, 0.25) is 0 Å². The molecule has 0 radical (unpaired) electrons. The molecule has 176 valence electrons. The van der Waals surface area contributed by atoms with Gasteiger partial charge >= 0.3 is 5.63 Å². The van der Waals surface area contributed by atoms with Gasteiger partial charge in [-0.15, -0.1) is 0 Å². The van der Waals surface area contributed by atoms with Crippen molar-refractivity contribution in [3.8, 4) is 0 Å². The van der Waals surface area contributed by atoms with Crippen LogP contribution in [0, 0.1) is 5.82 Å². The molecule has 8 heteroatoms. The molecule has 0 unspecified atom stereocenters. The first-order valence-corrected chi connectivity index (χ1v) is 13.0. The van der Waals surface area contributed by atoms with Crippen molar-refractivity contribution in [2.24, 2.45) is 0 Å². The normalized spacial score (nSPS) is 11.2. The highest BCUT2D eigenvalue weighted by atomic mass is 32.2. The summed E-state index contributed by atoms with van der Waals surface area (Å²) in [4.78, 5) is 14.7. The zero-order chi connectivity index (χ0) is 24.8. The molecule has 0 amide bonds. The molecule has 5 rings (SSSR count). The molecule has 0 spiro atoms.